The van der Waals surface area contributed by atoms with E-state index in [1.165, 1.54) is 24.3 Å². The maximum atomic E-state index is 12.4. The van der Waals surface area contributed by atoms with Crippen LogP contribution in [0.4, 0.5) is 5.69 Å². The average Bonchev–Trinajstić information content (AvgIpc) is 2.90. The molecule has 8 heteroatoms. The van der Waals surface area contributed by atoms with Gasteiger partial charge in [-0.1, -0.05) is 18.2 Å². The number of amides is 1. The molecule has 2 aromatic carbocycles. The number of nitrogens with one attached hydrogen (secondary N) is 1. The van der Waals surface area contributed by atoms with Crippen LogP contribution in [0.25, 0.3) is 5.69 Å². The predicted octanol–water partition coefficient (Wildman–Crippen LogP) is 2.32. The van der Waals surface area contributed by atoms with Gasteiger partial charge in [0.25, 0.3) is 0 Å². The second-order valence-corrected chi connectivity index (χ2v) is 7.75. The summed E-state index contributed by atoms with van der Waals surface area (Å²) in [6.45, 7) is 3.80. The van der Waals surface area contributed by atoms with Gasteiger partial charge < -0.3 is 5.32 Å². The lowest BCUT2D eigenvalue weighted by molar-refractivity contribution is -0.115. The van der Waals surface area contributed by atoms with Crippen LogP contribution in [0.1, 0.15) is 17.0 Å². The molecule has 0 aliphatic rings. The number of aromatic nitrogens is 2. The molecule has 0 unspecified atom stereocenters. The van der Waals surface area contributed by atoms with E-state index in [4.69, 9.17) is 5.14 Å². The number of aryl methyl sites for hydroxylation is 1. The SMILES string of the molecule is Cc1nn(-c2ccccc2)c(C)c1CC(=O)Nc1ccc(S(N)(=O)=O)cc1. The third-order valence-electron chi connectivity index (χ3n) is 4.25. The molecule has 7 nitrogen and oxygen atoms in total. The summed E-state index contributed by atoms with van der Waals surface area (Å²) in [5.41, 5.74) is 3.98. The maximum Gasteiger partial charge on any atom is 0.238 e. The van der Waals surface area contributed by atoms with Crippen molar-refractivity contribution in [2.24, 2.45) is 5.14 Å². The number of benzene rings is 2. The molecule has 0 bridgehead atoms. The Bertz CT molecular complexity index is 1070. The maximum absolute atomic E-state index is 12.4. The van der Waals surface area contributed by atoms with Gasteiger partial charge in [0.2, 0.25) is 15.9 Å². The Labute approximate surface area is 157 Å². The standard InChI is InChI=1S/C19H20N4O3S/c1-13-18(14(2)23(22-13)16-6-4-3-5-7-16)12-19(24)21-15-8-10-17(11-9-15)27(20,25)26/h3-11H,12H2,1-2H3,(H,21,24)(H2,20,25,26). The van der Waals surface area contributed by atoms with Crippen LogP contribution in [0.5, 0.6) is 0 Å². The molecule has 3 N–H and O–H groups in total. The van der Waals surface area contributed by atoms with E-state index in [1.807, 2.05) is 48.9 Å². The number of sulfonamides is 1. The van der Waals surface area contributed by atoms with E-state index < -0.39 is 10.0 Å². The average molecular weight is 384 g/mol. The molecule has 0 aliphatic heterocycles. The van der Waals surface area contributed by atoms with Crippen molar-refractivity contribution in [3.05, 3.63) is 71.5 Å². The molecule has 0 saturated carbocycles. The summed E-state index contributed by atoms with van der Waals surface area (Å²) < 4.78 is 24.4. The molecular formula is C19H20N4O3S. The smallest absolute Gasteiger partial charge is 0.238 e. The van der Waals surface area contributed by atoms with Gasteiger partial charge >= 0.3 is 0 Å². The number of nitrogens with two attached hydrogens (primary N) is 1. The van der Waals surface area contributed by atoms with Crippen molar-refractivity contribution in [1.29, 1.82) is 0 Å². The summed E-state index contributed by atoms with van der Waals surface area (Å²) in [7, 11) is -3.76. The highest BCUT2D eigenvalue weighted by Crippen LogP contribution is 2.19. The summed E-state index contributed by atoms with van der Waals surface area (Å²) in [6, 6.07) is 15.4. The molecule has 1 amide bonds. The normalized spacial score (nSPS) is 11.4. The summed E-state index contributed by atoms with van der Waals surface area (Å²) in [5, 5.41) is 12.4. The van der Waals surface area contributed by atoms with E-state index in [1.54, 1.807) is 0 Å². The Morgan fingerprint density at radius 3 is 2.30 bits per heavy atom. The molecule has 0 aliphatic carbocycles. The van der Waals surface area contributed by atoms with Crippen molar-refractivity contribution in [2.45, 2.75) is 25.2 Å². The highest BCUT2D eigenvalue weighted by Gasteiger charge is 2.16. The quantitative estimate of drug-likeness (QED) is 0.704. The first kappa shape index (κ1) is 18.8. The first-order valence-corrected chi connectivity index (χ1v) is 9.83. The number of carbonyl (C=O) groups excluding carboxylic acids is 1. The minimum Gasteiger partial charge on any atom is -0.326 e. The molecule has 0 fully saturated rings. The second kappa shape index (κ2) is 7.34. The Balaban J connectivity index is 1.76. The molecule has 3 rings (SSSR count). The summed E-state index contributed by atoms with van der Waals surface area (Å²) in [4.78, 5) is 12.4. The Hall–Kier alpha value is -2.97. The van der Waals surface area contributed by atoms with E-state index in [0.29, 0.717) is 5.69 Å². The molecule has 1 heterocycles. The number of rotatable bonds is 5. The lowest BCUT2D eigenvalue weighted by atomic mass is 10.1. The first-order chi connectivity index (χ1) is 12.8. The zero-order chi connectivity index (χ0) is 19.6. The van der Waals surface area contributed by atoms with Gasteiger partial charge in [-0.3, -0.25) is 4.79 Å². The molecular weight excluding hydrogens is 364 g/mol. The summed E-state index contributed by atoms with van der Waals surface area (Å²) in [6.07, 6.45) is 0.168. The molecule has 0 radical (unpaired) electrons. The van der Waals surface area contributed by atoms with Crippen molar-refractivity contribution in [3.8, 4) is 5.69 Å². The third-order valence-corrected chi connectivity index (χ3v) is 5.18. The third kappa shape index (κ3) is 4.24. The molecule has 3 aromatic rings. The van der Waals surface area contributed by atoms with Crippen LogP contribution in [0.15, 0.2) is 59.5 Å². The molecule has 0 saturated heterocycles. The highest BCUT2D eigenvalue weighted by molar-refractivity contribution is 7.89. The zero-order valence-corrected chi connectivity index (χ0v) is 15.8. The topological polar surface area (TPSA) is 107 Å². The molecule has 0 atom stereocenters. The highest BCUT2D eigenvalue weighted by atomic mass is 32.2. The summed E-state index contributed by atoms with van der Waals surface area (Å²) >= 11 is 0. The van der Waals surface area contributed by atoms with Crippen LogP contribution in [0.2, 0.25) is 0 Å². The van der Waals surface area contributed by atoms with Crippen LogP contribution in [-0.4, -0.2) is 24.1 Å². The largest absolute Gasteiger partial charge is 0.326 e. The Kier molecular flexibility index (Phi) is 5.11. The minimum absolute atomic E-state index is 0.00340. The number of nitrogens with zero attached hydrogens (tertiary/aromatic N) is 2. The second-order valence-electron chi connectivity index (χ2n) is 6.19. The summed E-state index contributed by atoms with van der Waals surface area (Å²) in [5.74, 6) is -0.211. The number of anilines is 1. The molecule has 0 spiro atoms. The molecule has 1 aromatic heterocycles. The van der Waals surface area contributed by atoms with Gasteiger partial charge in [0.05, 0.1) is 22.7 Å². The van der Waals surface area contributed by atoms with E-state index >= 15 is 0 Å². The van der Waals surface area contributed by atoms with Crippen molar-refractivity contribution in [3.63, 3.8) is 0 Å². The van der Waals surface area contributed by atoms with E-state index in [0.717, 1.165) is 22.6 Å². The van der Waals surface area contributed by atoms with Gasteiger partial charge in [-0.25, -0.2) is 18.2 Å². The predicted molar refractivity (Wildman–Crippen MR) is 103 cm³/mol. The fourth-order valence-electron chi connectivity index (χ4n) is 2.85. The van der Waals surface area contributed by atoms with Crippen molar-refractivity contribution < 1.29 is 13.2 Å². The van der Waals surface area contributed by atoms with E-state index in [9.17, 15) is 13.2 Å². The van der Waals surface area contributed by atoms with Gasteiger partial charge in [0.15, 0.2) is 0 Å². The number of hydrogen-bond donors (Lipinski definition) is 2. The van der Waals surface area contributed by atoms with Crippen LogP contribution in [0.3, 0.4) is 0 Å². The number of para-hydroxylation sites is 1. The number of hydrogen-bond acceptors (Lipinski definition) is 4. The van der Waals surface area contributed by atoms with Crippen LogP contribution in [-0.2, 0) is 21.2 Å². The van der Waals surface area contributed by atoms with Crippen LogP contribution < -0.4 is 10.5 Å². The lowest BCUT2D eigenvalue weighted by Crippen LogP contribution is -2.16. The van der Waals surface area contributed by atoms with Gasteiger partial charge in [0.1, 0.15) is 0 Å². The van der Waals surface area contributed by atoms with Crippen molar-refractivity contribution in [1.82, 2.24) is 9.78 Å². The Morgan fingerprint density at radius 2 is 1.70 bits per heavy atom. The fourth-order valence-corrected chi connectivity index (χ4v) is 3.36. The van der Waals surface area contributed by atoms with E-state index in [-0.39, 0.29) is 17.2 Å². The number of primary sulfonamides is 1. The van der Waals surface area contributed by atoms with Crippen molar-refractivity contribution >= 4 is 21.6 Å². The van der Waals surface area contributed by atoms with Crippen LogP contribution in [0, 0.1) is 13.8 Å². The first-order valence-electron chi connectivity index (χ1n) is 8.29. The Morgan fingerprint density at radius 1 is 1.07 bits per heavy atom. The molecule has 140 valence electrons. The monoisotopic (exact) mass is 384 g/mol. The minimum atomic E-state index is -3.76. The number of carbonyl (C=O) groups is 1. The van der Waals surface area contributed by atoms with Gasteiger partial charge in [-0.05, 0) is 50.2 Å². The fraction of sp³-hybridized carbons (Fsp3) is 0.158. The van der Waals surface area contributed by atoms with Crippen molar-refractivity contribution in [2.75, 3.05) is 5.32 Å². The van der Waals surface area contributed by atoms with Gasteiger partial charge in [-0.15, -0.1) is 0 Å². The van der Waals surface area contributed by atoms with Crippen LogP contribution >= 0.6 is 0 Å². The van der Waals surface area contributed by atoms with E-state index in [2.05, 4.69) is 10.4 Å². The zero-order valence-electron chi connectivity index (χ0n) is 15.0. The van der Waals surface area contributed by atoms with Gasteiger partial charge in [0, 0.05) is 16.9 Å². The van der Waals surface area contributed by atoms with Gasteiger partial charge in [-0.2, -0.15) is 5.10 Å². The lowest BCUT2D eigenvalue weighted by Gasteiger charge is -2.07. The molecule has 27 heavy (non-hydrogen) atoms.